The Bertz CT molecular complexity index is 302. The van der Waals surface area contributed by atoms with E-state index in [0.29, 0.717) is 13.3 Å². The predicted molar refractivity (Wildman–Crippen MR) is 78.4 cm³/mol. The summed E-state index contributed by atoms with van der Waals surface area (Å²) in [6.45, 7) is 2.99. The molecule has 20 heavy (non-hydrogen) atoms. The largest absolute Gasteiger partial charge is 0.457 e. The fraction of sp³-hybridized carbons (Fsp3) is 0.923. The molecule has 2 atom stereocenters. The third kappa shape index (κ3) is 5.40. The Hall–Kier alpha value is -0.625. The molecule has 0 bridgehead atoms. The molecule has 1 heterocycles. The number of nitrogens with zero attached hydrogens (tertiary/aromatic N) is 2. The molecular weight excluding hydrogens is 259 g/mol. The van der Waals surface area contributed by atoms with Crippen molar-refractivity contribution in [3.05, 3.63) is 0 Å². The second-order valence-electron chi connectivity index (χ2n) is 5.62. The summed E-state index contributed by atoms with van der Waals surface area (Å²) in [7, 11) is 7.01. The van der Waals surface area contributed by atoms with Crippen LogP contribution in [0.1, 0.15) is 19.8 Å². The molecule has 0 saturated carbocycles. The van der Waals surface area contributed by atoms with Crippen molar-refractivity contribution in [2.75, 3.05) is 41.5 Å². The van der Waals surface area contributed by atoms with Gasteiger partial charge in [-0.25, -0.2) is 0 Å². The number of rotatable bonds is 8. The lowest BCUT2D eigenvalue weighted by atomic mass is 9.83. The third-order valence-electron chi connectivity index (χ3n) is 3.07. The van der Waals surface area contributed by atoms with E-state index in [1.54, 1.807) is 14.1 Å². The van der Waals surface area contributed by atoms with Gasteiger partial charge in [0.1, 0.15) is 6.10 Å². The molecule has 0 aromatic carbocycles. The van der Waals surface area contributed by atoms with Gasteiger partial charge >= 0.3 is 7.12 Å². The SMILES string of the molecule is CCCCB1O[C@H](C(=O)N(C)C)[C@@H](COCN(C)C)O1. The van der Waals surface area contributed by atoms with Gasteiger partial charge in [-0.2, -0.15) is 0 Å². The normalized spacial score (nSPS) is 22.6. The van der Waals surface area contributed by atoms with Crippen molar-refractivity contribution in [3.8, 4) is 0 Å². The smallest absolute Gasteiger partial charge is 0.403 e. The van der Waals surface area contributed by atoms with Crippen molar-refractivity contribution in [2.24, 2.45) is 0 Å². The Morgan fingerprint density at radius 2 is 1.95 bits per heavy atom. The van der Waals surface area contributed by atoms with Gasteiger partial charge in [-0.3, -0.25) is 9.69 Å². The summed E-state index contributed by atoms with van der Waals surface area (Å²) < 4.78 is 17.1. The van der Waals surface area contributed by atoms with Gasteiger partial charge in [0.25, 0.3) is 5.91 Å². The van der Waals surface area contributed by atoms with E-state index in [-0.39, 0.29) is 19.1 Å². The quantitative estimate of drug-likeness (QED) is 0.485. The van der Waals surface area contributed by atoms with Crippen molar-refractivity contribution in [2.45, 2.75) is 38.3 Å². The topological polar surface area (TPSA) is 51.2 Å². The van der Waals surface area contributed by atoms with Crippen LogP contribution in [-0.2, 0) is 18.8 Å². The van der Waals surface area contributed by atoms with Crippen LogP contribution in [0.15, 0.2) is 0 Å². The van der Waals surface area contributed by atoms with Crippen molar-refractivity contribution < 1.29 is 18.8 Å². The van der Waals surface area contributed by atoms with Crippen LogP contribution in [0.25, 0.3) is 0 Å². The summed E-state index contributed by atoms with van der Waals surface area (Å²) >= 11 is 0. The maximum atomic E-state index is 12.1. The minimum absolute atomic E-state index is 0.0672. The molecule has 1 aliphatic rings. The Kier molecular flexibility index (Phi) is 7.51. The van der Waals surface area contributed by atoms with E-state index < -0.39 is 6.10 Å². The van der Waals surface area contributed by atoms with E-state index in [0.717, 1.165) is 19.2 Å². The number of hydrogen-bond acceptors (Lipinski definition) is 5. The lowest BCUT2D eigenvalue weighted by molar-refractivity contribution is -0.138. The molecule has 116 valence electrons. The van der Waals surface area contributed by atoms with Crippen LogP contribution in [0.4, 0.5) is 0 Å². The summed E-state index contributed by atoms with van der Waals surface area (Å²) in [5.74, 6) is -0.0672. The average molecular weight is 286 g/mol. The maximum Gasteiger partial charge on any atom is 0.457 e. The molecular formula is C13H27BN2O4. The molecule has 6 nitrogen and oxygen atoms in total. The Morgan fingerprint density at radius 3 is 2.50 bits per heavy atom. The van der Waals surface area contributed by atoms with E-state index in [1.165, 1.54) is 4.90 Å². The fourth-order valence-corrected chi connectivity index (χ4v) is 2.01. The summed E-state index contributed by atoms with van der Waals surface area (Å²) in [4.78, 5) is 15.6. The summed E-state index contributed by atoms with van der Waals surface area (Å²) in [5, 5.41) is 0. The first kappa shape index (κ1) is 17.4. The molecule has 1 rings (SSSR count). The standard InChI is InChI=1S/C13H27BN2O4/c1-6-7-8-14-19-11(9-18-10-15(2)3)12(20-14)13(17)16(4)5/h11-12H,6-10H2,1-5H3/t11-,12+/m1/s1. The van der Waals surface area contributed by atoms with Crippen molar-refractivity contribution >= 4 is 13.0 Å². The highest BCUT2D eigenvalue weighted by Crippen LogP contribution is 2.22. The maximum absolute atomic E-state index is 12.1. The minimum Gasteiger partial charge on any atom is -0.403 e. The zero-order valence-electron chi connectivity index (χ0n) is 13.3. The van der Waals surface area contributed by atoms with E-state index in [4.69, 9.17) is 14.0 Å². The molecule has 0 unspecified atom stereocenters. The number of unbranched alkanes of at least 4 members (excludes halogenated alkanes) is 1. The molecule has 0 radical (unpaired) electrons. The van der Waals surface area contributed by atoms with Crippen molar-refractivity contribution in [1.82, 2.24) is 9.80 Å². The van der Waals surface area contributed by atoms with Gasteiger partial charge in [-0.15, -0.1) is 0 Å². The van der Waals surface area contributed by atoms with Crippen molar-refractivity contribution in [1.29, 1.82) is 0 Å². The molecule has 1 aliphatic heterocycles. The van der Waals surface area contributed by atoms with Crippen LogP contribution in [0.2, 0.25) is 6.32 Å². The first-order valence-corrected chi connectivity index (χ1v) is 7.20. The Balaban J connectivity index is 2.54. The van der Waals surface area contributed by atoms with Crippen LogP contribution in [0, 0.1) is 0 Å². The highest BCUT2D eigenvalue weighted by atomic mass is 16.7. The third-order valence-corrected chi connectivity index (χ3v) is 3.07. The molecule has 7 heteroatoms. The first-order chi connectivity index (χ1) is 9.45. The monoisotopic (exact) mass is 286 g/mol. The van der Waals surface area contributed by atoms with Gasteiger partial charge in [-0.05, 0) is 20.4 Å². The first-order valence-electron chi connectivity index (χ1n) is 7.20. The zero-order chi connectivity index (χ0) is 15.1. The molecule has 0 aromatic heterocycles. The summed E-state index contributed by atoms with van der Waals surface area (Å²) in [6, 6.07) is 0. The van der Waals surface area contributed by atoms with Crippen LogP contribution in [-0.4, -0.2) is 76.6 Å². The molecule has 0 spiro atoms. The Morgan fingerprint density at radius 1 is 1.25 bits per heavy atom. The molecule has 1 fully saturated rings. The Labute approximate surface area is 122 Å². The molecule has 0 aromatic rings. The average Bonchev–Trinajstić information content (AvgIpc) is 2.78. The second kappa shape index (κ2) is 8.62. The van der Waals surface area contributed by atoms with Gasteiger partial charge in [0.05, 0.1) is 19.4 Å². The van der Waals surface area contributed by atoms with Crippen LogP contribution < -0.4 is 0 Å². The van der Waals surface area contributed by atoms with Gasteiger partial charge in [-0.1, -0.05) is 19.8 Å². The lowest BCUT2D eigenvalue weighted by Crippen LogP contribution is -2.42. The number of carbonyl (C=O) groups is 1. The summed E-state index contributed by atoms with van der Waals surface area (Å²) in [6.07, 6.45) is 2.04. The predicted octanol–water partition coefficient (Wildman–Crippen LogP) is 0.683. The van der Waals surface area contributed by atoms with Gasteiger partial charge in [0.15, 0.2) is 0 Å². The molecule has 0 aliphatic carbocycles. The van der Waals surface area contributed by atoms with Gasteiger partial charge < -0.3 is 18.9 Å². The van der Waals surface area contributed by atoms with Crippen LogP contribution in [0.3, 0.4) is 0 Å². The van der Waals surface area contributed by atoms with E-state index in [2.05, 4.69) is 6.92 Å². The summed E-state index contributed by atoms with van der Waals surface area (Å²) in [5.41, 5.74) is 0. The van der Waals surface area contributed by atoms with Crippen LogP contribution >= 0.6 is 0 Å². The lowest BCUT2D eigenvalue weighted by Gasteiger charge is -2.21. The van der Waals surface area contributed by atoms with E-state index in [1.807, 2.05) is 19.0 Å². The number of hydrogen-bond donors (Lipinski definition) is 0. The highest BCUT2D eigenvalue weighted by molar-refractivity contribution is 6.45. The zero-order valence-corrected chi connectivity index (χ0v) is 13.3. The molecule has 0 N–H and O–H groups in total. The highest BCUT2D eigenvalue weighted by Gasteiger charge is 2.43. The van der Waals surface area contributed by atoms with Gasteiger partial charge in [0, 0.05) is 14.1 Å². The van der Waals surface area contributed by atoms with E-state index in [9.17, 15) is 4.79 Å². The number of ether oxygens (including phenoxy) is 1. The molecule has 1 saturated heterocycles. The minimum atomic E-state index is -0.561. The number of likely N-dealkylation sites (N-methyl/N-ethyl adjacent to an activating group) is 1. The van der Waals surface area contributed by atoms with Gasteiger partial charge in [0.2, 0.25) is 0 Å². The van der Waals surface area contributed by atoms with E-state index >= 15 is 0 Å². The van der Waals surface area contributed by atoms with Crippen LogP contribution in [0.5, 0.6) is 0 Å². The molecule has 1 amide bonds. The van der Waals surface area contributed by atoms with Crippen molar-refractivity contribution in [3.63, 3.8) is 0 Å². The number of amides is 1. The number of carbonyl (C=O) groups excluding carboxylic acids is 1. The second-order valence-corrected chi connectivity index (χ2v) is 5.62. The fourth-order valence-electron chi connectivity index (χ4n) is 2.01.